The maximum Gasteiger partial charge on any atom is 0.241 e. The zero-order valence-electron chi connectivity index (χ0n) is 21.0. The van der Waals surface area contributed by atoms with Gasteiger partial charge in [0.25, 0.3) is 0 Å². The van der Waals surface area contributed by atoms with Gasteiger partial charge in [-0.05, 0) is 55.9 Å². The molecule has 1 aliphatic rings. The lowest BCUT2D eigenvalue weighted by molar-refractivity contribution is -0.121. The van der Waals surface area contributed by atoms with E-state index in [1.807, 2.05) is 26.0 Å². The van der Waals surface area contributed by atoms with Gasteiger partial charge in [-0.3, -0.25) is 14.9 Å². The third-order valence-electron chi connectivity index (χ3n) is 6.19. The van der Waals surface area contributed by atoms with Gasteiger partial charge in [0.1, 0.15) is 11.6 Å². The van der Waals surface area contributed by atoms with Crippen LogP contribution in [0.5, 0.6) is 0 Å². The summed E-state index contributed by atoms with van der Waals surface area (Å²) < 4.78 is 0. The molecule has 0 spiro atoms. The number of nitrogen functional groups attached to an aromatic ring is 1. The molecule has 0 saturated carbocycles. The average molecular weight is 560 g/mol. The van der Waals surface area contributed by atoms with Crippen LogP contribution in [0.25, 0.3) is 11.3 Å². The Morgan fingerprint density at radius 2 is 1.92 bits per heavy atom. The van der Waals surface area contributed by atoms with Crippen molar-refractivity contribution in [2.24, 2.45) is 0 Å². The maximum atomic E-state index is 13.0. The Kier molecular flexibility index (Phi) is 8.75. The lowest BCUT2D eigenvalue weighted by Gasteiger charge is -2.34. The minimum atomic E-state index is -0.325. The molecule has 0 radical (unpaired) electrons. The van der Waals surface area contributed by atoms with E-state index >= 15 is 0 Å². The van der Waals surface area contributed by atoms with Crippen molar-refractivity contribution >= 4 is 57.9 Å². The summed E-state index contributed by atoms with van der Waals surface area (Å²) in [6.07, 6.45) is 0. The molecule has 1 aromatic carbocycles. The van der Waals surface area contributed by atoms with Crippen LogP contribution in [0.1, 0.15) is 13.8 Å². The summed E-state index contributed by atoms with van der Waals surface area (Å²) in [5, 5.41) is 27.2. The standard InChI is InChI=1S/C25H29Cl2N8O3/c1-3-33-10-11-34(23(36)14-33)19-6-8-21(31-24(19)17-5-4-16(26)12-18(17)27)29-13-15(2)30-22-9-7-20(35(37)38)25(28)32-22/h4-9,12,15,37H,3,10-11,13-14H2,1-2H3,(H,29,31)(H3,28,30,32)/q-1. The molecule has 1 saturated heterocycles. The Balaban J connectivity index is 1.54. The highest BCUT2D eigenvalue weighted by Crippen LogP contribution is 2.37. The summed E-state index contributed by atoms with van der Waals surface area (Å²) in [6, 6.07) is 11.7. The quantitative estimate of drug-likeness (QED) is 0.279. The van der Waals surface area contributed by atoms with E-state index in [-0.39, 0.29) is 28.7 Å². The van der Waals surface area contributed by atoms with Crippen molar-refractivity contribution in [2.45, 2.75) is 19.9 Å². The number of carbonyl (C=O) groups is 1. The van der Waals surface area contributed by atoms with Gasteiger partial charge >= 0.3 is 0 Å². The fraction of sp³-hybridized carbons (Fsp3) is 0.320. The molecule has 13 heteroatoms. The summed E-state index contributed by atoms with van der Waals surface area (Å²) in [5.41, 5.74) is 7.53. The molecular weight excluding hydrogens is 531 g/mol. The van der Waals surface area contributed by atoms with Crippen molar-refractivity contribution in [2.75, 3.05) is 59.2 Å². The summed E-state index contributed by atoms with van der Waals surface area (Å²) in [7, 11) is 0. The minimum Gasteiger partial charge on any atom is -0.733 e. The largest absolute Gasteiger partial charge is 0.733 e. The summed E-state index contributed by atoms with van der Waals surface area (Å²) in [4.78, 5) is 25.7. The number of likely N-dealkylation sites (N-methyl/N-ethyl adjacent to an activating group) is 1. The predicted octanol–water partition coefficient (Wildman–Crippen LogP) is 4.31. The second-order valence-electron chi connectivity index (χ2n) is 8.90. The fourth-order valence-corrected chi connectivity index (χ4v) is 4.66. The monoisotopic (exact) mass is 559 g/mol. The summed E-state index contributed by atoms with van der Waals surface area (Å²) in [5.74, 6) is 0.949. The number of aromatic nitrogens is 2. The molecule has 1 atom stereocenters. The van der Waals surface area contributed by atoms with Crippen LogP contribution in [-0.2, 0) is 4.79 Å². The van der Waals surface area contributed by atoms with E-state index in [4.69, 9.17) is 39.1 Å². The van der Waals surface area contributed by atoms with Crippen LogP contribution < -0.4 is 26.5 Å². The summed E-state index contributed by atoms with van der Waals surface area (Å²) in [6.45, 7) is 6.91. The molecule has 5 N–H and O–H groups in total. The van der Waals surface area contributed by atoms with Crippen molar-refractivity contribution in [3.8, 4) is 11.3 Å². The molecule has 2 aromatic heterocycles. The molecule has 1 unspecified atom stereocenters. The number of amides is 1. The average Bonchev–Trinajstić information content (AvgIpc) is 2.87. The van der Waals surface area contributed by atoms with Crippen molar-refractivity contribution < 1.29 is 10.0 Å². The number of nitrogens with zero attached hydrogens (tertiary/aromatic N) is 5. The Morgan fingerprint density at radius 1 is 1.16 bits per heavy atom. The van der Waals surface area contributed by atoms with Gasteiger partial charge in [0, 0.05) is 36.3 Å². The molecule has 1 aliphatic heterocycles. The zero-order valence-corrected chi connectivity index (χ0v) is 22.5. The molecule has 1 fully saturated rings. The molecule has 11 nitrogen and oxygen atoms in total. The first-order valence-corrected chi connectivity index (χ1v) is 12.8. The number of anilines is 5. The van der Waals surface area contributed by atoms with E-state index in [1.165, 1.54) is 6.07 Å². The van der Waals surface area contributed by atoms with Crippen LogP contribution in [0, 0.1) is 5.21 Å². The topological polar surface area (TPSA) is 146 Å². The Hall–Kier alpha value is -3.35. The van der Waals surface area contributed by atoms with Crippen LogP contribution in [0.2, 0.25) is 10.0 Å². The fourth-order valence-electron chi connectivity index (χ4n) is 4.17. The third kappa shape index (κ3) is 6.37. The summed E-state index contributed by atoms with van der Waals surface area (Å²) >= 11 is 12.7. The van der Waals surface area contributed by atoms with Gasteiger partial charge in [0.2, 0.25) is 5.91 Å². The van der Waals surface area contributed by atoms with E-state index in [0.717, 1.165) is 13.1 Å². The molecule has 3 heterocycles. The smallest absolute Gasteiger partial charge is 0.241 e. The highest BCUT2D eigenvalue weighted by molar-refractivity contribution is 6.36. The minimum absolute atomic E-state index is 0.00357. The van der Waals surface area contributed by atoms with Crippen molar-refractivity contribution in [1.29, 1.82) is 0 Å². The molecule has 4 rings (SSSR count). The number of benzene rings is 1. The maximum absolute atomic E-state index is 13.0. The van der Waals surface area contributed by atoms with E-state index in [9.17, 15) is 10.0 Å². The second kappa shape index (κ2) is 12.0. The van der Waals surface area contributed by atoms with E-state index < -0.39 is 0 Å². The van der Waals surface area contributed by atoms with E-state index in [0.29, 0.717) is 58.3 Å². The molecule has 1 amide bonds. The second-order valence-corrected chi connectivity index (χ2v) is 9.75. The SMILES string of the molecule is CCN1CCN(c2ccc(NCC(C)Nc3ccc(N([O-])O)c(N)n3)nc2-c2ccc(Cl)cc2Cl)C(=O)C1. The van der Waals surface area contributed by atoms with Crippen LogP contribution in [0.4, 0.5) is 28.8 Å². The number of carbonyl (C=O) groups excluding carboxylic acids is 1. The van der Waals surface area contributed by atoms with Gasteiger partial charge < -0.3 is 31.7 Å². The Morgan fingerprint density at radius 3 is 2.58 bits per heavy atom. The molecule has 0 bridgehead atoms. The Bertz CT molecular complexity index is 1310. The number of halogens is 2. The van der Waals surface area contributed by atoms with Crippen LogP contribution in [0.15, 0.2) is 42.5 Å². The van der Waals surface area contributed by atoms with Crippen molar-refractivity contribution in [3.05, 3.63) is 57.7 Å². The predicted molar refractivity (Wildman–Crippen MR) is 152 cm³/mol. The van der Waals surface area contributed by atoms with Gasteiger partial charge in [-0.15, -0.1) is 0 Å². The highest BCUT2D eigenvalue weighted by atomic mass is 35.5. The zero-order chi connectivity index (χ0) is 27.4. The molecule has 38 heavy (non-hydrogen) atoms. The molecule has 0 aliphatic carbocycles. The lowest BCUT2D eigenvalue weighted by atomic mass is 10.1. The van der Waals surface area contributed by atoms with Gasteiger partial charge in [-0.1, -0.05) is 30.1 Å². The normalized spacial score (nSPS) is 14.9. The van der Waals surface area contributed by atoms with Crippen LogP contribution in [0.3, 0.4) is 0 Å². The van der Waals surface area contributed by atoms with Gasteiger partial charge in [0.05, 0.1) is 28.6 Å². The van der Waals surface area contributed by atoms with E-state index in [2.05, 4.69) is 20.5 Å². The molecular formula is C25H29Cl2N8O3-. The van der Waals surface area contributed by atoms with Crippen LogP contribution in [-0.4, -0.2) is 64.7 Å². The van der Waals surface area contributed by atoms with Gasteiger partial charge in [-0.25, -0.2) is 9.97 Å². The number of piperazine rings is 1. The first-order valence-electron chi connectivity index (χ1n) is 12.1. The third-order valence-corrected chi connectivity index (χ3v) is 6.74. The molecule has 3 aromatic rings. The first-order chi connectivity index (χ1) is 18.2. The van der Waals surface area contributed by atoms with Gasteiger partial charge in [-0.2, -0.15) is 0 Å². The first kappa shape index (κ1) is 27.7. The molecule has 202 valence electrons. The number of hydrogen-bond acceptors (Lipinski definition) is 10. The number of rotatable bonds is 9. The van der Waals surface area contributed by atoms with Crippen molar-refractivity contribution in [1.82, 2.24) is 14.9 Å². The Labute approximate surface area is 230 Å². The number of nitrogens with two attached hydrogens (primary N) is 1. The number of nitrogens with one attached hydrogen (secondary N) is 2. The number of hydrogen-bond donors (Lipinski definition) is 4. The van der Waals surface area contributed by atoms with E-state index in [1.54, 1.807) is 29.2 Å². The number of pyridine rings is 2. The van der Waals surface area contributed by atoms with Crippen LogP contribution >= 0.6 is 23.2 Å². The van der Waals surface area contributed by atoms with Crippen molar-refractivity contribution in [3.63, 3.8) is 0 Å². The lowest BCUT2D eigenvalue weighted by Crippen LogP contribution is -2.50. The highest BCUT2D eigenvalue weighted by Gasteiger charge is 2.27. The van der Waals surface area contributed by atoms with Gasteiger partial charge in [0.15, 0.2) is 5.82 Å².